The van der Waals surface area contributed by atoms with Gasteiger partial charge in [0.1, 0.15) is 5.75 Å². The van der Waals surface area contributed by atoms with Crippen molar-refractivity contribution in [2.45, 2.75) is 13.1 Å². The van der Waals surface area contributed by atoms with E-state index in [9.17, 15) is 5.11 Å². The molecule has 0 fully saturated rings. The van der Waals surface area contributed by atoms with Gasteiger partial charge in [0.25, 0.3) is 0 Å². The van der Waals surface area contributed by atoms with Gasteiger partial charge >= 0.3 is 0 Å². The Labute approximate surface area is 109 Å². The van der Waals surface area contributed by atoms with Crippen LogP contribution in [0.1, 0.15) is 11.3 Å². The number of phenols is 1. The highest BCUT2D eigenvalue weighted by Crippen LogP contribution is 2.24. The molecule has 0 aliphatic rings. The predicted molar refractivity (Wildman–Crippen MR) is 70.6 cm³/mol. The molecule has 0 spiro atoms. The maximum Gasteiger partial charge on any atom is 0.129 e. The summed E-state index contributed by atoms with van der Waals surface area (Å²) in [5.74, 6) is 0.262. The maximum absolute atomic E-state index is 9.37. The molecule has 88 valence electrons. The molecule has 0 radical (unpaired) electrons. The molecule has 0 saturated heterocycles. The monoisotopic (exact) mass is 292 g/mol. The zero-order chi connectivity index (χ0) is 12.1. The number of pyridine rings is 1. The highest BCUT2D eigenvalue weighted by molar-refractivity contribution is 9.10. The molecule has 1 heterocycles. The summed E-state index contributed by atoms with van der Waals surface area (Å²) in [7, 11) is 0. The quantitative estimate of drug-likeness (QED) is 0.911. The Kier molecular flexibility index (Phi) is 4.12. The van der Waals surface area contributed by atoms with Crippen LogP contribution in [0, 0.1) is 0 Å². The zero-order valence-corrected chi connectivity index (χ0v) is 10.8. The second-order valence-electron chi connectivity index (χ2n) is 3.71. The topological polar surface area (TPSA) is 45.1 Å². The molecule has 4 heteroatoms. The van der Waals surface area contributed by atoms with E-state index in [1.165, 1.54) is 0 Å². The lowest BCUT2D eigenvalue weighted by atomic mass is 10.2. The molecule has 2 rings (SSSR count). The first-order valence-electron chi connectivity index (χ1n) is 5.34. The number of benzene rings is 1. The molecule has 3 nitrogen and oxygen atoms in total. The summed E-state index contributed by atoms with van der Waals surface area (Å²) in [6.07, 6.45) is 1.79. The fourth-order valence-electron chi connectivity index (χ4n) is 1.50. The van der Waals surface area contributed by atoms with Crippen molar-refractivity contribution >= 4 is 15.9 Å². The van der Waals surface area contributed by atoms with Gasteiger partial charge in [0, 0.05) is 19.3 Å². The van der Waals surface area contributed by atoms with Crippen LogP contribution in [0.15, 0.2) is 47.1 Å². The zero-order valence-electron chi connectivity index (χ0n) is 9.23. The van der Waals surface area contributed by atoms with Gasteiger partial charge in [-0.1, -0.05) is 12.1 Å². The molecule has 2 N–H and O–H groups in total. The van der Waals surface area contributed by atoms with E-state index in [2.05, 4.69) is 26.2 Å². The average Bonchev–Trinajstić information content (AvgIpc) is 2.35. The number of rotatable bonds is 4. The summed E-state index contributed by atoms with van der Waals surface area (Å²) in [6, 6.07) is 11.3. The van der Waals surface area contributed by atoms with Crippen molar-refractivity contribution in [2.24, 2.45) is 0 Å². The van der Waals surface area contributed by atoms with Crippen LogP contribution in [0.2, 0.25) is 0 Å². The van der Waals surface area contributed by atoms with Crippen LogP contribution in [0.3, 0.4) is 0 Å². The Hall–Kier alpha value is -1.39. The smallest absolute Gasteiger partial charge is 0.129 e. The van der Waals surface area contributed by atoms with Crippen LogP contribution in [-0.2, 0) is 13.1 Å². The minimum absolute atomic E-state index is 0.262. The third-order valence-corrected chi connectivity index (χ3v) is 3.01. The number of phenolic OH excluding ortho intramolecular Hbond substituents is 1. The molecule has 2 aromatic rings. The standard InChI is InChI=1S/C13H13BrN2O/c14-12-7-10(4-5-13(12)17)8-15-9-11-3-1-2-6-16-11/h1-7,15,17H,8-9H2. The van der Waals surface area contributed by atoms with Crippen LogP contribution in [0.4, 0.5) is 0 Å². The largest absolute Gasteiger partial charge is 0.507 e. The number of hydrogen-bond acceptors (Lipinski definition) is 3. The molecule has 0 atom stereocenters. The molecule has 0 unspecified atom stereocenters. The van der Waals surface area contributed by atoms with Crippen LogP contribution in [0.25, 0.3) is 0 Å². The Morgan fingerprint density at radius 3 is 2.76 bits per heavy atom. The Balaban J connectivity index is 1.88. The van der Waals surface area contributed by atoms with Gasteiger partial charge in [-0.15, -0.1) is 0 Å². The number of aromatic nitrogens is 1. The number of hydrogen-bond donors (Lipinski definition) is 2. The molecule has 0 bridgehead atoms. The second kappa shape index (κ2) is 5.80. The molecule has 1 aromatic carbocycles. The van der Waals surface area contributed by atoms with Gasteiger partial charge in [0.05, 0.1) is 10.2 Å². The molecule has 0 aliphatic heterocycles. The van der Waals surface area contributed by atoms with Gasteiger partial charge in [-0.25, -0.2) is 0 Å². The second-order valence-corrected chi connectivity index (χ2v) is 4.56. The highest BCUT2D eigenvalue weighted by atomic mass is 79.9. The van der Waals surface area contributed by atoms with Crippen molar-refractivity contribution in [3.05, 3.63) is 58.3 Å². The fraction of sp³-hybridized carbons (Fsp3) is 0.154. The van der Waals surface area contributed by atoms with Gasteiger partial charge < -0.3 is 10.4 Å². The Morgan fingerprint density at radius 2 is 2.06 bits per heavy atom. The summed E-state index contributed by atoms with van der Waals surface area (Å²) in [5.41, 5.74) is 2.14. The van der Waals surface area contributed by atoms with Gasteiger partial charge in [-0.3, -0.25) is 4.98 Å². The molecule has 0 amide bonds. The molecular weight excluding hydrogens is 280 g/mol. The van der Waals surface area contributed by atoms with Crippen molar-refractivity contribution < 1.29 is 5.11 Å². The van der Waals surface area contributed by atoms with E-state index in [1.54, 1.807) is 12.3 Å². The van der Waals surface area contributed by atoms with Crippen LogP contribution in [-0.4, -0.2) is 10.1 Å². The van der Waals surface area contributed by atoms with E-state index in [4.69, 9.17) is 0 Å². The maximum atomic E-state index is 9.37. The van der Waals surface area contributed by atoms with Crippen molar-refractivity contribution in [1.29, 1.82) is 0 Å². The first kappa shape index (κ1) is 12.1. The van der Waals surface area contributed by atoms with E-state index in [0.29, 0.717) is 0 Å². The number of nitrogens with zero attached hydrogens (tertiary/aromatic N) is 1. The molecular formula is C13H13BrN2O. The van der Waals surface area contributed by atoms with E-state index in [1.807, 2.05) is 30.3 Å². The van der Waals surface area contributed by atoms with Crippen molar-refractivity contribution in [3.8, 4) is 5.75 Å². The van der Waals surface area contributed by atoms with Crippen LogP contribution in [0.5, 0.6) is 5.75 Å². The lowest BCUT2D eigenvalue weighted by molar-refractivity contribution is 0.471. The normalized spacial score (nSPS) is 10.4. The van der Waals surface area contributed by atoms with Crippen LogP contribution < -0.4 is 5.32 Å². The van der Waals surface area contributed by atoms with Gasteiger partial charge in [-0.2, -0.15) is 0 Å². The first-order chi connectivity index (χ1) is 8.25. The van der Waals surface area contributed by atoms with E-state index < -0.39 is 0 Å². The Bertz CT molecular complexity index is 488. The minimum atomic E-state index is 0.262. The highest BCUT2D eigenvalue weighted by Gasteiger charge is 1.99. The van der Waals surface area contributed by atoms with E-state index in [0.717, 1.165) is 28.8 Å². The average molecular weight is 293 g/mol. The lowest BCUT2D eigenvalue weighted by Gasteiger charge is -2.05. The molecule has 17 heavy (non-hydrogen) atoms. The van der Waals surface area contributed by atoms with Gasteiger partial charge in [-0.05, 0) is 45.8 Å². The first-order valence-corrected chi connectivity index (χ1v) is 6.13. The van der Waals surface area contributed by atoms with Crippen molar-refractivity contribution in [3.63, 3.8) is 0 Å². The van der Waals surface area contributed by atoms with E-state index in [-0.39, 0.29) is 5.75 Å². The predicted octanol–water partition coefficient (Wildman–Crippen LogP) is 2.84. The molecule has 1 aromatic heterocycles. The fourth-order valence-corrected chi connectivity index (χ4v) is 1.92. The Morgan fingerprint density at radius 1 is 1.18 bits per heavy atom. The minimum Gasteiger partial charge on any atom is -0.507 e. The molecule has 0 aliphatic carbocycles. The van der Waals surface area contributed by atoms with Crippen molar-refractivity contribution in [2.75, 3.05) is 0 Å². The summed E-state index contributed by atoms with van der Waals surface area (Å²) in [6.45, 7) is 1.48. The van der Waals surface area contributed by atoms with Crippen LogP contribution >= 0.6 is 15.9 Å². The van der Waals surface area contributed by atoms with Gasteiger partial charge in [0.2, 0.25) is 0 Å². The number of nitrogens with one attached hydrogen (secondary N) is 1. The number of aromatic hydroxyl groups is 1. The third kappa shape index (κ3) is 3.54. The number of halogens is 1. The summed E-state index contributed by atoms with van der Waals surface area (Å²) in [5, 5.41) is 12.7. The lowest BCUT2D eigenvalue weighted by Crippen LogP contribution is -2.13. The third-order valence-electron chi connectivity index (χ3n) is 2.37. The SMILES string of the molecule is Oc1ccc(CNCc2ccccn2)cc1Br. The summed E-state index contributed by atoms with van der Waals surface area (Å²) in [4.78, 5) is 4.23. The summed E-state index contributed by atoms with van der Waals surface area (Å²) >= 11 is 3.29. The molecule has 0 saturated carbocycles. The van der Waals surface area contributed by atoms with E-state index >= 15 is 0 Å². The van der Waals surface area contributed by atoms with Crippen molar-refractivity contribution in [1.82, 2.24) is 10.3 Å². The van der Waals surface area contributed by atoms with Gasteiger partial charge in [0.15, 0.2) is 0 Å². The summed E-state index contributed by atoms with van der Waals surface area (Å²) < 4.78 is 0.717.